The maximum absolute atomic E-state index is 11.2. The van der Waals surface area contributed by atoms with Gasteiger partial charge in [-0.3, -0.25) is 15.0 Å². The molecule has 1 heterocycles. The summed E-state index contributed by atoms with van der Waals surface area (Å²) in [6.45, 7) is 1.42. The summed E-state index contributed by atoms with van der Waals surface area (Å²) in [6.07, 6.45) is 0. The van der Waals surface area contributed by atoms with Gasteiger partial charge < -0.3 is 5.73 Å². The Bertz CT molecular complexity index is 683. The summed E-state index contributed by atoms with van der Waals surface area (Å²) in [5.41, 5.74) is 10.2. The van der Waals surface area contributed by atoms with Crippen molar-refractivity contribution in [3.8, 4) is 11.1 Å². The van der Waals surface area contributed by atoms with E-state index in [2.05, 4.69) is 4.90 Å². The zero-order valence-electron chi connectivity index (χ0n) is 11.2. The minimum Gasteiger partial charge on any atom is -0.393 e. The number of nitro benzene ring substituents is 1. The van der Waals surface area contributed by atoms with Crippen LogP contribution in [0.3, 0.4) is 0 Å². The molecule has 20 heavy (non-hydrogen) atoms. The van der Waals surface area contributed by atoms with Crippen molar-refractivity contribution in [3.63, 3.8) is 0 Å². The first-order chi connectivity index (χ1) is 9.58. The lowest BCUT2D eigenvalue weighted by Crippen LogP contribution is -2.08. The molecule has 0 unspecified atom stereocenters. The highest BCUT2D eigenvalue weighted by atomic mass is 16.6. The lowest BCUT2D eigenvalue weighted by Gasteiger charge is -2.11. The van der Waals surface area contributed by atoms with Crippen LogP contribution in [0.15, 0.2) is 36.4 Å². The molecule has 0 saturated carbocycles. The SMILES string of the molecule is CN1Cc2c(-c3ccccc3)cc([N+](=O)[O-])c(N)c2C1. The molecule has 1 aliphatic rings. The van der Waals surface area contributed by atoms with Crippen molar-refractivity contribution in [1.82, 2.24) is 4.90 Å². The van der Waals surface area contributed by atoms with Gasteiger partial charge in [-0.05, 0) is 23.7 Å². The van der Waals surface area contributed by atoms with E-state index >= 15 is 0 Å². The molecule has 0 fully saturated rings. The van der Waals surface area contributed by atoms with Crippen LogP contribution in [0.2, 0.25) is 0 Å². The number of nitrogens with zero attached hydrogens (tertiary/aromatic N) is 2. The highest BCUT2D eigenvalue weighted by Gasteiger charge is 2.28. The lowest BCUT2D eigenvalue weighted by atomic mass is 9.95. The zero-order valence-corrected chi connectivity index (χ0v) is 11.2. The summed E-state index contributed by atoms with van der Waals surface area (Å²) in [6, 6.07) is 11.3. The molecule has 102 valence electrons. The second-order valence-electron chi connectivity index (χ2n) is 5.11. The second-order valence-corrected chi connectivity index (χ2v) is 5.11. The molecule has 0 radical (unpaired) electrons. The zero-order chi connectivity index (χ0) is 14.3. The molecule has 5 heteroatoms. The molecular weight excluding hydrogens is 254 g/mol. The Balaban J connectivity index is 2.28. The van der Waals surface area contributed by atoms with Crippen LogP contribution in [0.25, 0.3) is 11.1 Å². The van der Waals surface area contributed by atoms with Crippen molar-refractivity contribution in [3.05, 3.63) is 57.6 Å². The molecule has 0 aromatic heterocycles. The van der Waals surface area contributed by atoms with E-state index < -0.39 is 4.92 Å². The molecule has 0 spiro atoms. The Morgan fingerprint density at radius 1 is 1.20 bits per heavy atom. The molecule has 0 atom stereocenters. The van der Waals surface area contributed by atoms with Crippen molar-refractivity contribution in [1.29, 1.82) is 0 Å². The molecule has 1 aliphatic heterocycles. The number of nitrogens with two attached hydrogens (primary N) is 1. The first-order valence-corrected chi connectivity index (χ1v) is 6.40. The molecule has 0 saturated heterocycles. The second kappa shape index (κ2) is 4.61. The van der Waals surface area contributed by atoms with E-state index in [-0.39, 0.29) is 5.69 Å². The van der Waals surface area contributed by atoms with Gasteiger partial charge in [-0.15, -0.1) is 0 Å². The maximum atomic E-state index is 11.2. The minimum absolute atomic E-state index is 0.00194. The van der Waals surface area contributed by atoms with Gasteiger partial charge in [-0.2, -0.15) is 0 Å². The van der Waals surface area contributed by atoms with Gasteiger partial charge in [0.2, 0.25) is 0 Å². The Morgan fingerprint density at radius 3 is 2.50 bits per heavy atom. The summed E-state index contributed by atoms with van der Waals surface area (Å²) < 4.78 is 0. The van der Waals surface area contributed by atoms with Crippen molar-refractivity contribution in [2.45, 2.75) is 13.1 Å². The molecule has 0 bridgehead atoms. The normalized spacial score (nSPS) is 14.2. The fourth-order valence-corrected chi connectivity index (χ4v) is 2.76. The Kier molecular flexibility index (Phi) is 2.91. The third-order valence-electron chi connectivity index (χ3n) is 3.71. The van der Waals surface area contributed by atoms with Gasteiger partial charge in [0.15, 0.2) is 0 Å². The molecule has 2 N–H and O–H groups in total. The summed E-state index contributed by atoms with van der Waals surface area (Å²) >= 11 is 0. The summed E-state index contributed by atoms with van der Waals surface area (Å²) in [4.78, 5) is 12.9. The van der Waals surface area contributed by atoms with Crippen LogP contribution < -0.4 is 5.73 Å². The summed E-state index contributed by atoms with van der Waals surface area (Å²) in [5, 5.41) is 11.2. The Labute approximate surface area is 116 Å². The van der Waals surface area contributed by atoms with E-state index in [4.69, 9.17) is 5.73 Å². The van der Waals surface area contributed by atoms with Gasteiger partial charge >= 0.3 is 0 Å². The lowest BCUT2D eigenvalue weighted by molar-refractivity contribution is -0.383. The number of nitrogen functional groups attached to an aromatic ring is 1. The monoisotopic (exact) mass is 269 g/mol. The van der Waals surface area contributed by atoms with Crippen molar-refractivity contribution >= 4 is 11.4 Å². The van der Waals surface area contributed by atoms with E-state index in [1.807, 2.05) is 37.4 Å². The van der Waals surface area contributed by atoms with Gasteiger partial charge in [0.1, 0.15) is 5.69 Å². The number of anilines is 1. The standard InChI is InChI=1S/C15H15N3O2/c1-17-8-12-11(10-5-3-2-4-6-10)7-14(18(19)20)15(16)13(12)9-17/h2-7H,8-9,16H2,1H3. The van der Waals surface area contributed by atoms with Crippen molar-refractivity contribution in [2.75, 3.05) is 12.8 Å². The number of rotatable bonds is 2. The smallest absolute Gasteiger partial charge is 0.293 e. The van der Waals surface area contributed by atoms with E-state index in [0.717, 1.165) is 28.8 Å². The van der Waals surface area contributed by atoms with Gasteiger partial charge in [-0.1, -0.05) is 30.3 Å². The van der Waals surface area contributed by atoms with Crippen molar-refractivity contribution < 1.29 is 4.92 Å². The van der Waals surface area contributed by atoms with Crippen molar-refractivity contribution in [2.24, 2.45) is 0 Å². The van der Waals surface area contributed by atoms with Crippen LogP contribution in [-0.2, 0) is 13.1 Å². The van der Waals surface area contributed by atoms with E-state index in [1.54, 1.807) is 6.07 Å². The van der Waals surface area contributed by atoms with Gasteiger partial charge in [0.05, 0.1) is 4.92 Å². The largest absolute Gasteiger partial charge is 0.393 e. The predicted octanol–water partition coefficient (Wildman–Crippen LogP) is 2.79. The molecule has 2 aromatic carbocycles. The van der Waals surface area contributed by atoms with Crippen LogP contribution in [0.5, 0.6) is 0 Å². The highest BCUT2D eigenvalue weighted by Crippen LogP contribution is 2.40. The van der Waals surface area contributed by atoms with Crippen LogP contribution in [0.1, 0.15) is 11.1 Å². The average Bonchev–Trinajstić information content (AvgIpc) is 2.82. The predicted molar refractivity (Wildman–Crippen MR) is 78.1 cm³/mol. The average molecular weight is 269 g/mol. The fraction of sp³-hybridized carbons (Fsp3) is 0.200. The molecule has 3 rings (SSSR count). The van der Waals surface area contributed by atoms with Crippen LogP contribution in [0, 0.1) is 10.1 Å². The maximum Gasteiger partial charge on any atom is 0.293 e. The first kappa shape index (κ1) is 12.6. The fourth-order valence-electron chi connectivity index (χ4n) is 2.76. The number of nitro groups is 1. The van der Waals surface area contributed by atoms with E-state index in [0.29, 0.717) is 12.2 Å². The van der Waals surface area contributed by atoms with E-state index in [9.17, 15) is 10.1 Å². The number of hydrogen-bond acceptors (Lipinski definition) is 4. The topological polar surface area (TPSA) is 72.4 Å². The summed E-state index contributed by atoms with van der Waals surface area (Å²) in [7, 11) is 1.99. The molecule has 0 aliphatic carbocycles. The van der Waals surface area contributed by atoms with E-state index in [1.165, 1.54) is 0 Å². The quantitative estimate of drug-likeness (QED) is 0.517. The summed E-state index contributed by atoms with van der Waals surface area (Å²) in [5.74, 6) is 0. The molecule has 0 amide bonds. The van der Waals surface area contributed by atoms with Gasteiger partial charge in [-0.25, -0.2) is 0 Å². The molecule has 5 nitrogen and oxygen atoms in total. The van der Waals surface area contributed by atoms with Crippen LogP contribution >= 0.6 is 0 Å². The first-order valence-electron chi connectivity index (χ1n) is 6.40. The van der Waals surface area contributed by atoms with Crippen LogP contribution in [0.4, 0.5) is 11.4 Å². The Hall–Kier alpha value is -2.40. The van der Waals surface area contributed by atoms with Gasteiger partial charge in [0, 0.05) is 24.7 Å². The minimum atomic E-state index is -0.402. The third-order valence-corrected chi connectivity index (χ3v) is 3.71. The number of fused-ring (bicyclic) bond motifs is 1. The Morgan fingerprint density at radius 2 is 1.85 bits per heavy atom. The highest BCUT2D eigenvalue weighted by molar-refractivity contribution is 5.79. The van der Waals surface area contributed by atoms with Gasteiger partial charge in [0.25, 0.3) is 5.69 Å². The molecular formula is C15H15N3O2. The van der Waals surface area contributed by atoms with Crippen LogP contribution in [-0.4, -0.2) is 16.9 Å². The molecule has 2 aromatic rings. The number of hydrogen-bond donors (Lipinski definition) is 1. The number of benzene rings is 2. The third kappa shape index (κ3) is 1.92.